The number of morpholine rings is 1. The van der Waals surface area contributed by atoms with E-state index >= 15 is 0 Å². The molecular weight excluding hydrogens is 362 g/mol. The quantitative estimate of drug-likeness (QED) is 0.711. The molecule has 2 N–H and O–H groups in total. The lowest BCUT2D eigenvalue weighted by Crippen LogP contribution is -2.59. The van der Waals surface area contributed by atoms with Crippen LogP contribution in [0.2, 0.25) is 0 Å². The molecule has 2 saturated heterocycles. The van der Waals surface area contributed by atoms with Crippen LogP contribution >= 0.6 is 0 Å². The van der Waals surface area contributed by atoms with Gasteiger partial charge in [-0.05, 0) is 31.7 Å². The fraction of sp³-hybridized carbons (Fsp3) is 0.842. The highest BCUT2D eigenvalue weighted by molar-refractivity contribution is 5.86. The second-order valence-corrected chi connectivity index (χ2v) is 8.87. The number of nitriles is 1. The maximum atomic E-state index is 13.0. The molecule has 2 aliphatic heterocycles. The van der Waals surface area contributed by atoms with Crippen molar-refractivity contribution in [3.05, 3.63) is 0 Å². The summed E-state index contributed by atoms with van der Waals surface area (Å²) in [5, 5.41) is 16.8. The number of rotatable bonds is 5. The van der Waals surface area contributed by atoms with Gasteiger partial charge >= 0.3 is 6.09 Å². The third kappa shape index (κ3) is 6.93. The molecule has 1 atom stereocenters. The van der Waals surface area contributed by atoms with Crippen LogP contribution in [0.15, 0.2) is 0 Å². The summed E-state index contributed by atoms with van der Waals surface area (Å²) >= 11 is 0. The number of hydrogen-bond donors (Lipinski definition) is 2. The molecule has 158 valence electrons. The van der Waals surface area contributed by atoms with Crippen LogP contribution in [0.25, 0.3) is 0 Å². The maximum Gasteiger partial charge on any atom is 0.426 e. The Bertz CT molecular complexity index is 584. The molecule has 0 spiro atoms. The Morgan fingerprint density at radius 3 is 2.36 bits per heavy atom. The Morgan fingerprint density at radius 1 is 1.21 bits per heavy atom. The van der Waals surface area contributed by atoms with Gasteiger partial charge in [0.1, 0.15) is 11.6 Å². The molecule has 9 heteroatoms. The second kappa shape index (κ2) is 9.54. The average Bonchev–Trinajstić information content (AvgIpc) is 2.63. The van der Waals surface area contributed by atoms with Crippen LogP contribution in [0.4, 0.5) is 4.79 Å². The number of amides is 2. The number of nitrogens with one attached hydrogen (secondary N) is 2. The molecule has 2 rings (SSSR count). The van der Waals surface area contributed by atoms with Crippen molar-refractivity contribution in [2.24, 2.45) is 5.41 Å². The molecular formula is C19H33N5O4. The molecule has 2 heterocycles. The number of piperidine rings is 1. The van der Waals surface area contributed by atoms with Crippen molar-refractivity contribution in [1.82, 2.24) is 20.6 Å². The molecule has 9 nitrogen and oxygen atoms in total. The molecule has 2 amide bonds. The van der Waals surface area contributed by atoms with Gasteiger partial charge < -0.3 is 25.1 Å². The number of ether oxygens (including phenoxy) is 1. The van der Waals surface area contributed by atoms with Gasteiger partial charge in [0.2, 0.25) is 5.91 Å². The molecule has 0 radical (unpaired) electrons. The zero-order valence-corrected chi connectivity index (χ0v) is 17.4. The van der Waals surface area contributed by atoms with Gasteiger partial charge in [-0.15, -0.1) is 5.06 Å². The highest BCUT2D eigenvalue weighted by atomic mass is 16.7. The van der Waals surface area contributed by atoms with Gasteiger partial charge in [0.05, 0.1) is 32.4 Å². The standard InChI is InChI=1S/C19H33N5O4/c1-18(2,3)13-15(21-17(26)28-24-9-11-27-12-10-24)16(25)22-19(14-20)5-7-23(4)8-6-19/h15H,5-13H2,1-4H3,(H,21,26)(H,22,25). The number of likely N-dealkylation sites (tertiary alicyclic amines) is 1. The third-order valence-corrected chi connectivity index (χ3v) is 5.02. The first-order valence-electron chi connectivity index (χ1n) is 9.85. The minimum absolute atomic E-state index is 0.194. The van der Waals surface area contributed by atoms with Crippen LogP contribution in [-0.4, -0.2) is 80.0 Å². The van der Waals surface area contributed by atoms with Crippen molar-refractivity contribution in [3.63, 3.8) is 0 Å². The summed E-state index contributed by atoms with van der Waals surface area (Å²) in [5.41, 5.74) is -1.09. The molecule has 2 aliphatic rings. The van der Waals surface area contributed by atoms with Crippen molar-refractivity contribution in [2.75, 3.05) is 46.4 Å². The van der Waals surface area contributed by atoms with Crippen LogP contribution in [0.5, 0.6) is 0 Å². The predicted octanol–water partition coefficient (Wildman–Crippen LogP) is 0.869. The molecule has 0 aliphatic carbocycles. The van der Waals surface area contributed by atoms with Gasteiger partial charge in [-0.1, -0.05) is 20.8 Å². The molecule has 0 aromatic heterocycles. The van der Waals surface area contributed by atoms with E-state index in [4.69, 9.17) is 9.57 Å². The molecule has 2 fully saturated rings. The Kier molecular flexibility index (Phi) is 7.63. The fourth-order valence-corrected chi connectivity index (χ4v) is 3.33. The molecule has 0 saturated carbocycles. The first kappa shape index (κ1) is 22.4. The van der Waals surface area contributed by atoms with E-state index in [0.29, 0.717) is 45.6 Å². The van der Waals surface area contributed by atoms with Gasteiger partial charge in [-0.25, -0.2) is 4.79 Å². The van der Waals surface area contributed by atoms with E-state index in [2.05, 4.69) is 21.6 Å². The fourth-order valence-electron chi connectivity index (χ4n) is 3.33. The predicted molar refractivity (Wildman–Crippen MR) is 103 cm³/mol. The Labute approximate surface area is 167 Å². The van der Waals surface area contributed by atoms with Crippen molar-refractivity contribution < 1.29 is 19.2 Å². The zero-order valence-electron chi connectivity index (χ0n) is 17.4. The number of nitrogens with zero attached hydrogens (tertiary/aromatic N) is 3. The van der Waals surface area contributed by atoms with Gasteiger partial charge in [-0.3, -0.25) is 4.79 Å². The average molecular weight is 396 g/mol. The minimum atomic E-state index is -0.893. The summed E-state index contributed by atoms with van der Waals surface area (Å²) in [5.74, 6) is -0.347. The summed E-state index contributed by atoms with van der Waals surface area (Å²) in [7, 11) is 1.99. The zero-order chi connectivity index (χ0) is 20.8. The lowest BCUT2D eigenvalue weighted by molar-refractivity contribution is -0.148. The van der Waals surface area contributed by atoms with E-state index in [1.165, 1.54) is 5.06 Å². The largest absolute Gasteiger partial charge is 0.426 e. The van der Waals surface area contributed by atoms with E-state index < -0.39 is 17.7 Å². The Hall–Kier alpha value is -1.89. The SMILES string of the molecule is CN1CCC(C#N)(NC(=O)C(CC(C)(C)C)NC(=O)ON2CCOCC2)CC1. The first-order valence-corrected chi connectivity index (χ1v) is 9.85. The second-order valence-electron chi connectivity index (χ2n) is 8.87. The van der Waals surface area contributed by atoms with Crippen molar-refractivity contribution in [1.29, 1.82) is 5.26 Å². The third-order valence-electron chi connectivity index (χ3n) is 5.02. The highest BCUT2D eigenvalue weighted by Crippen LogP contribution is 2.24. The van der Waals surface area contributed by atoms with Crippen LogP contribution in [0.3, 0.4) is 0 Å². The Morgan fingerprint density at radius 2 is 1.82 bits per heavy atom. The topological polar surface area (TPSA) is 107 Å². The van der Waals surface area contributed by atoms with Crippen LogP contribution in [-0.2, 0) is 14.4 Å². The maximum absolute atomic E-state index is 13.0. The minimum Gasteiger partial charge on any atom is -0.379 e. The summed E-state index contributed by atoms with van der Waals surface area (Å²) in [6, 6.07) is 1.50. The number of hydroxylamine groups is 2. The normalized spacial score (nSPS) is 22.0. The van der Waals surface area contributed by atoms with Crippen molar-refractivity contribution >= 4 is 12.0 Å². The number of carbonyl (C=O) groups excluding carboxylic acids is 2. The summed E-state index contributed by atoms with van der Waals surface area (Å²) in [6.07, 6.45) is 0.886. The van der Waals surface area contributed by atoms with E-state index in [9.17, 15) is 14.9 Å². The summed E-state index contributed by atoms with van der Waals surface area (Å²) in [4.78, 5) is 32.7. The van der Waals surface area contributed by atoms with Gasteiger partial charge in [-0.2, -0.15) is 5.26 Å². The van der Waals surface area contributed by atoms with Crippen LogP contribution in [0, 0.1) is 16.7 Å². The van der Waals surface area contributed by atoms with E-state index in [1.807, 2.05) is 27.8 Å². The van der Waals surface area contributed by atoms with Gasteiger partial charge in [0.25, 0.3) is 0 Å². The molecule has 0 bridgehead atoms. The van der Waals surface area contributed by atoms with Crippen molar-refractivity contribution in [2.45, 2.75) is 51.6 Å². The van der Waals surface area contributed by atoms with Crippen LogP contribution < -0.4 is 10.6 Å². The molecule has 28 heavy (non-hydrogen) atoms. The molecule has 1 unspecified atom stereocenters. The highest BCUT2D eigenvalue weighted by Gasteiger charge is 2.38. The van der Waals surface area contributed by atoms with E-state index in [-0.39, 0.29) is 11.3 Å². The van der Waals surface area contributed by atoms with Gasteiger partial charge in [0, 0.05) is 13.1 Å². The van der Waals surface area contributed by atoms with E-state index in [0.717, 1.165) is 13.1 Å². The number of carbonyl (C=O) groups is 2. The van der Waals surface area contributed by atoms with Crippen LogP contribution in [0.1, 0.15) is 40.0 Å². The number of hydrogen-bond acceptors (Lipinski definition) is 7. The monoisotopic (exact) mass is 395 g/mol. The van der Waals surface area contributed by atoms with Crippen molar-refractivity contribution in [3.8, 4) is 6.07 Å². The molecule has 0 aromatic rings. The lowest BCUT2D eigenvalue weighted by atomic mass is 9.85. The summed E-state index contributed by atoms with van der Waals surface area (Å²) in [6.45, 7) is 9.46. The van der Waals surface area contributed by atoms with E-state index in [1.54, 1.807) is 0 Å². The smallest absolute Gasteiger partial charge is 0.379 e. The first-order chi connectivity index (χ1) is 13.1. The summed E-state index contributed by atoms with van der Waals surface area (Å²) < 4.78 is 5.23. The Balaban J connectivity index is 2.01. The lowest BCUT2D eigenvalue weighted by Gasteiger charge is -2.37. The molecule has 0 aromatic carbocycles. The van der Waals surface area contributed by atoms with Gasteiger partial charge in [0.15, 0.2) is 0 Å².